The van der Waals surface area contributed by atoms with E-state index in [0.29, 0.717) is 0 Å². The fraction of sp³-hybridized carbons (Fsp3) is 0.391. The lowest BCUT2D eigenvalue weighted by Crippen LogP contribution is -2.44. The molecule has 1 aliphatic rings. The second-order valence-corrected chi connectivity index (χ2v) is 8.78. The SMILES string of the molecule is CN1CCN(Cc2nc(-c3ccc(C(C)(C)O)cc3)c3cnc4[nH]ccc4n23)CC1. The Kier molecular flexibility index (Phi) is 4.61. The summed E-state index contributed by atoms with van der Waals surface area (Å²) in [6.07, 6.45) is 3.83. The van der Waals surface area contributed by atoms with Gasteiger partial charge in [0, 0.05) is 37.9 Å². The van der Waals surface area contributed by atoms with Gasteiger partial charge in [-0.05, 0) is 32.5 Å². The summed E-state index contributed by atoms with van der Waals surface area (Å²) in [6.45, 7) is 8.65. The van der Waals surface area contributed by atoms with Crippen LogP contribution in [0.1, 0.15) is 25.2 Å². The van der Waals surface area contributed by atoms with Crippen molar-refractivity contribution in [1.82, 2.24) is 29.2 Å². The lowest BCUT2D eigenvalue weighted by molar-refractivity contribution is 0.0786. The molecule has 0 amide bonds. The molecule has 7 nitrogen and oxygen atoms in total. The summed E-state index contributed by atoms with van der Waals surface area (Å²) in [5, 5.41) is 10.3. The maximum atomic E-state index is 10.3. The van der Waals surface area contributed by atoms with Crippen LogP contribution in [0.4, 0.5) is 0 Å². The molecule has 1 aliphatic heterocycles. The normalized spacial score (nSPS) is 16.7. The zero-order valence-corrected chi connectivity index (χ0v) is 17.8. The average Bonchev–Trinajstić information content (AvgIpc) is 3.33. The summed E-state index contributed by atoms with van der Waals surface area (Å²) in [5.74, 6) is 1.03. The van der Waals surface area contributed by atoms with Crippen molar-refractivity contribution >= 4 is 16.7 Å². The minimum Gasteiger partial charge on any atom is -0.386 e. The van der Waals surface area contributed by atoms with Gasteiger partial charge in [0.2, 0.25) is 0 Å². The number of imidazole rings is 1. The third-order valence-corrected chi connectivity index (χ3v) is 6.07. The minimum atomic E-state index is -0.861. The molecule has 0 radical (unpaired) electrons. The highest BCUT2D eigenvalue weighted by Crippen LogP contribution is 2.30. The minimum absolute atomic E-state index is 0.807. The van der Waals surface area contributed by atoms with Crippen molar-refractivity contribution in [2.45, 2.75) is 26.0 Å². The van der Waals surface area contributed by atoms with Gasteiger partial charge in [-0.3, -0.25) is 9.30 Å². The highest BCUT2D eigenvalue weighted by atomic mass is 16.3. The fourth-order valence-electron chi connectivity index (χ4n) is 4.19. The highest BCUT2D eigenvalue weighted by molar-refractivity contribution is 5.84. The number of hydrogen-bond donors (Lipinski definition) is 2. The number of benzene rings is 1. The molecule has 0 aliphatic carbocycles. The summed E-state index contributed by atoms with van der Waals surface area (Å²) in [5.41, 5.74) is 4.90. The lowest BCUT2D eigenvalue weighted by atomic mass is 9.97. The Morgan fingerprint density at radius 2 is 1.77 bits per heavy atom. The quantitative estimate of drug-likeness (QED) is 0.547. The topological polar surface area (TPSA) is 72.7 Å². The molecular weight excluding hydrogens is 376 g/mol. The summed E-state index contributed by atoms with van der Waals surface area (Å²) in [4.78, 5) is 17.7. The lowest BCUT2D eigenvalue weighted by Gasteiger charge is -2.31. The molecule has 1 saturated heterocycles. The van der Waals surface area contributed by atoms with E-state index in [9.17, 15) is 5.11 Å². The molecule has 4 heterocycles. The number of piperazine rings is 1. The van der Waals surface area contributed by atoms with Crippen molar-refractivity contribution in [1.29, 1.82) is 0 Å². The summed E-state index contributed by atoms with van der Waals surface area (Å²) in [7, 11) is 2.17. The molecule has 2 N–H and O–H groups in total. The van der Waals surface area contributed by atoms with Gasteiger partial charge in [0.15, 0.2) is 5.65 Å². The molecule has 4 aromatic rings. The smallest absolute Gasteiger partial charge is 0.154 e. The fourth-order valence-corrected chi connectivity index (χ4v) is 4.19. The standard InChI is InChI=1S/C23H28N6O/c1-23(2,30)17-6-4-16(5-7-17)21-19-14-25-22-18(8-9-24-22)29(19)20(26-21)15-28-12-10-27(3)11-13-28/h4-9,14,24,30H,10-13,15H2,1-3H3. The van der Waals surface area contributed by atoms with E-state index in [1.807, 2.05) is 36.7 Å². The van der Waals surface area contributed by atoms with Gasteiger partial charge in [-0.25, -0.2) is 9.97 Å². The Labute approximate surface area is 176 Å². The van der Waals surface area contributed by atoms with Crippen LogP contribution < -0.4 is 0 Å². The van der Waals surface area contributed by atoms with Crippen LogP contribution in [0, 0.1) is 0 Å². The molecule has 0 bridgehead atoms. The van der Waals surface area contributed by atoms with Crippen LogP contribution in [0.2, 0.25) is 0 Å². The maximum Gasteiger partial charge on any atom is 0.154 e. The van der Waals surface area contributed by atoms with Crippen molar-refractivity contribution < 1.29 is 5.11 Å². The zero-order valence-electron chi connectivity index (χ0n) is 17.8. The largest absolute Gasteiger partial charge is 0.386 e. The van der Waals surface area contributed by atoms with Crippen molar-refractivity contribution in [3.8, 4) is 11.3 Å². The third-order valence-electron chi connectivity index (χ3n) is 6.07. The zero-order chi connectivity index (χ0) is 20.9. The van der Waals surface area contributed by atoms with E-state index < -0.39 is 5.60 Å². The van der Waals surface area contributed by atoms with Gasteiger partial charge < -0.3 is 15.0 Å². The van der Waals surface area contributed by atoms with E-state index in [-0.39, 0.29) is 0 Å². The number of H-pyrrole nitrogens is 1. The van der Waals surface area contributed by atoms with E-state index in [1.54, 1.807) is 13.8 Å². The first kappa shape index (κ1) is 19.2. The van der Waals surface area contributed by atoms with E-state index in [2.05, 4.69) is 37.3 Å². The number of aliphatic hydroxyl groups is 1. The molecule has 156 valence electrons. The van der Waals surface area contributed by atoms with E-state index >= 15 is 0 Å². The monoisotopic (exact) mass is 404 g/mol. The van der Waals surface area contributed by atoms with Crippen LogP contribution in [0.15, 0.2) is 42.7 Å². The molecule has 3 aromatic heterocycles. The molecule has 1 aromatic carbocycles. The van der Waals surface area contributed by atoms with Crippen molar-refractivity contribution in [2.24, 2.45) is 0 Å². The first-order chi connectivity index (χ1) is 14.4. The molecule has 1 fully saturated rings. The molecule has 30 heavy (non-hydrogen) atoms. The van der Waals surface area contributed by atoms with Crippen LogP contribution >= 0.6 is 0 Å². The van der Waals surface area contributed by atoms with E-state index in [1.165, 1.54) is 0 Å². The molecule has 0 saturated carbocycles. The Hall–Kier alpha value is -2.74. The van der Waals surface area contributed by atoms with Crippen molar-refractivity contribution in [2.75, 3.05) is 33.2 Å². The van der Waals surface area contributed by atoms with Gasteiger partial charge in [-0.1, -0.05) is 24.3 Å². The van der Waals surface area contributed by atoms with Crippen molar-refractivity contribution in [3.63, 3.8) is 0 Å². The summed E-state index contributed by atoms with van der Waals surface area (Å²) >= 11 is 0. The van der Waals surface area contributed by atoms with Gasteiger partial charge in [0.1, 0.15) is 5.82 Å². The Morgan fingerprint density at radius 1 is 1.03 bits per heavy atom. The molecule has 0 unspecified atom stereocenters. The predicted octanol–water partition coefficient (Wildman–Crippen LogP) is 2.85. The number of nitrogens with one attached hydrogen (secondary N) is 1. The Balaban J connectivity index is 1.60. The predicted molar refractivity (Wildman–Crippen MR) is 118 cm³/mol. The number of hydrogen-bond acceptors (Lipinski definition) is 5. The molecule has 7 heteroatoms. The van der Waals surface area contributed by atoms with Crippen LogP contribution in [0.25, 0.3) is 27.9 Å². The average molecular weight is 405 g/mol. The van der Waals surface area contributed by atoms with Crippen molar-refractivity contribution in [3.05, 3.63) is 54.1 Å². The molecule has 5 rings (SSSR count). The first-order valence-corrected chi connectivity index (χ1v) is 10.5. The van der Waals surface area contributed by atoms with Gasteiger partial charge in [-0.15, -0.1) is 0 Å². The van der Waals surface area contributed by atoms with Crippen LogP contribution in [0.5, 0.6) is 0 Å². The van der Waals surface area contributed by atoms with E-state index in [4.69, 9.17) is 4.98 Å². The second-order valence-electron chi connectivity index (χ2n) is 8.78. The van der Waals surface area contributed by atoms with Crippen LogP contribution in [-0.2, 0) is 12.1 Å². The number of likely N-dealkylation sites (N-methyl/N-ethyl adjacent to an activating group) is 1. The molecule has 0 atom stereocenters. The number of aromatic nitrogens is 4. The third kappa shape index (κ3) is 3.39. The van der Waals surface area contributed by atoms with E-state index in [0.717, 1.165) is 72.0 Å². The number of nitrogens with zero attached hydrogens (tertiary/aromatic N) is 5. The summed E-state index contributed by atoms with van der Waals surface area (Å²) < 4.78 is 2.23. The summed E-state index contributed by atoms with van der Waals surface area (Å²) in [6, 6.07) is 10.1. The van der Waals surface area contributed by atoms with Crippen LogP contribution in [0.3, 0.4) is 0 Å². The maximum absolute atomic E-state index is 10.3. The Morgan fingerprint density at radius 3 is 2.47 bits per heavy atom. The van der Waals surface area contributed by atoms with Gasteiger partial charge in [-0.2, -0.15) is 0 Å². The Bertz CT molecular complexity index is 1180. The second kappa shape index (κ2) is 7.19. The van der Waals surface area contributed by atoms with Crippen LogP contribution in [-0.4, -0.2) is 67.5 Å². The first-order valence-electron chi connectivity index (χ1n) is 10.5. The van der Waals surface area contributed by atoms with Gasteiger partial charge in [0.05, 0.1) is 35.1 Å². The van der Waals surface area contributed by atoms with Gasteiger partial charge in [0.25, 0.3) is 0 Å². The number of aromatic amines is 1. The molecular formula is C23H28N6O. The number of fused-ring (bicyclic) bond motifs is 3. The highest BCUT2D eigenvalue weighted by Gasteiger charge is 2.21. The molecule has 0 spiro atoms. The van der Waals surface area contributed by atoms with Gasteiger partial charge >= 0.3 is 0 Å². The number of rotatable bonds is 4.